The lowest BCUT2D eigenvalue weighted by Gasteiger charge is -2.03. The highest BCUT2D eigenvalue weighted by atomic mass is 127. The molecule has 1 aromatic carbocycles. The van der Waals surface area contributed by atoms with Gasteiger partial charge in [0.2, 0.25) is 5.91 Å². The Balaban J connectivity index is 2.35. The molecule has 1 unspecified atom stereocenters. The second kappa shape index (κ2) is 3.65. The molecule has 1 aliphatic rings. The lowest BCUT2D eigenvalue weighted by Crippen LogP contribution is -2.28. The fraction of sp³-hybridized carbons (Fsp3) is 0.300. The van der Waals surface area contributed by atoms with E-state index in [4.69, 9.17) is 0 Å². The summed E-state index contributed by atoms with van der Waals surface area (Å²) in [5, 5.41) is 2.90. The summed E-state index contributed by atoms with van der Waals surface area (Å²) < 4.78 is 0.0706. The van der Waals surface area contributed by atoms with E-state index in [9.17, 15) is 4.79 Å². The van der Waals surface area contributed by atoms with E-state index < -0.39 is 0 Å². The molecule has 0 saturated carbocycles. The SMILES string of the molecule is O=C1NCc2ccccc2CC1I. The standard InChI is InChI=1S/C10H10INO/c11-9-5-7-3-1-2-4-8(7)6-12-10(9)13/h1-4,9H,5-6H2,(H,12,13). The van der Waals surface area contributed by atoms with Crippen molar-refractivity contribution in [3.05, 3.63) is 35.4 Å². The van der Waals surface area contributed by atoms with Crippen LogP contribution in [-0.4, -0.2) is 9.83 Å². The summed E-state index contributed by atoms with van der Waals surface area (Å²) in [6, 6.07) is 8.21. The Morgan fingerprint density at radius 1 is 1.31 bits per heavy atom. The van der Waals surface area contributed by atoms with Gasteiger partial charge in [-0.25, -0.2) is 0 Å². The third-order valence-electron chi connectivity index (χ3n) is 2.26. The number of amides is 1. The highest BCUT2D eigenvalue weighted by Crippen LogP contribution is 2.18. The van der Waals surface area contributed by atoms with Crippen molar-refractivity contribution in [1.29, 1.82) is 0 Å². The minimum absolute atomic E-state index is 0.0706. The molecule has 0 aliphatic carbocycles. The molecule has 1 heterocycles. The Morgan fingerprint density at radius 2 is 2.00 bits per heavy atom. The van der Waals surface area contributed by atoms with Gasteiger partial charge >= 0.3 is 0 Å². The van der Waals surface area contributed by atoms with Gasteiger partial charge in [0.1, 0.15) is 0 Å². The topological polar surface area (TPSA) is 29.1 Å². The number of fused-ring (bicyclic) bond motifs is 1. The maximum absolute atomic E-state index is 11.4. The first kappa shape index (κ1) is 8.99. The van der Waals surface area contributed by atoms with E-state index in [-0.39, 0.29) is 9.83 Å². The quantitative estimate of drug-likeness (QED) is 0.570. The van der Waals surface area contributed by atoms with Crippen LogP contribution in [-0.2, 0) is 17.8 Å². The summed E-state index contributed by atoms with van der Waals surface area (Å²) in [6.07, 6.45) is 0.850. The number of nitrogens with one attached hydrogen (secondary N) is 1. The van der Waals surface area contributed by atoms with Crippen molar-refractivity contribution in [2.45, 2.75) is 16.9 Å². The van der Waals surface area contributed by atoms with E-state index in [1.807, 2.05) is 12.1 Å². The van der Waals surface area contributed by atoms with Gasteiger partial charge in [-0.05, 0) is 17.5 Å². The number of benzene rings is 1. The molecule has 13 heavy (non-hydrogen) atoms. The molecule has 2 rings (SSSR count). The van der Waals surface area contributed by atoms with Crippen LogP contribution < -0.4 is 5.32 Å². The predicted octanol–water partition coefficient (Wildman–Crippen LogP) is 1.66. The zero-order chi connectivity index (χ0) is 9.26. The minimum atomic E-state index is 0.0706. The molecule has 0 bridgehead atoms. The molecule has 68 valence electrons. The van der Waals surface area contributed by atoms with Crippen molar-refractivity contribution in [1.82, 2.24) is 5.32 Å². The van der Waals surface area contributed by atoms with Gasteiger partial charge in [-0.15, -0.1) is 0 Å². The zero-order valence-electron chi connectivity index (χ0n) is 7.09. The molecule has 1 N–H and O–H groups in total. The van der Waals surface area contributed by atoms with Crippen molar-refractivity contribution < 1.29 is 4.79 Å². The third kappa shape index (κ3) is 1.85. The van der Waals surface area contributed by atoms with Crippen LogP contribution in [0.3, 0.4) is 0 Å². The average Bonchev–Trinajstić information content (AvgIpc) is 2.28. The van der Waals surface area contributed by atoms with Crippen molar-refractivity contribution in [2.75, 3.05) is 0 Å². The fourth-order valence-electron chi connectivity index (χ4n) is 1.51. The summed E-state index contributed by atoms with van der Waals surface area (Å²) in [4.78, 5) is 11.4. The average molecular weight is 287 g/mol. The first-order valence-corrected chi connectivity index (χ1v) is 5.50. The largest absolute Gasteiger partial charge is 0.351 e. The van der Waals surface area contributed by atoms with E-state index >= 15 is 0 Å². The molecule has 1 amide bonds. The Kier molecular flexibility index (Phi) is 2.53. The second-order valence-corrected chi connectivity index (χ2v) is 4.66. The molecule has 0 spiro atoms. The number of hydrogen-bond donors (Lipinski definition) is 1. The van der Waals surface area contributed by atoms with Crippen LogP contribution in [0, 0.1) is 0 Å². The summed E-state index contributed by atoms with van der Waals surface area (Å²) in [5.74, 6) is 0.150. The number of halogens is 1. The number of hydrogen-bond acceptors (Lipinski definition) is 1. The summed E-state index contributed by atoms with van der Waals surface area (Å²) in [7, 11) is 0. The van der Waals surface area contributed by atoms with Crippen molar-refractivity contribution >= 4 is 28.5 Å². The first-order chi connectivity index (χ1) is 6.27. The second-order valence-electron chi connectivity index (χ2n) is 3.16. The van der Waals surface area contributed by atoms with Crippen molar-refractivity contribution in [3.63, 3.8) is 0 Å². The summed E-state index contributed by atoms with van der Waals surface area (Å²) in [5.41, 5.74) is 2.54. The molecule has 1 aliphatic heterocycles. The highest BCUT2D eigenvalue weighted by molar-refractivity contribution is 14.1. The van der Waals surface area contributed by atoms with Gasteiger partial charge in [0.15, 0.2) is 0 Å². The van der Waals surface area contributed by atoms with Gasteiger partial charge in [-0.1, -0.05) is 46.9 Å². The maximum atomic E-state index is 11.4. The van der Waals surface area contributed by atoms with E-state index in [1.54, 1.807) is 0 Å². The van der Waals surface area contributed by atoms with Crippen LogP contribution in [0.25, 0.3) is 0 Å². The molecule has 3 heteroatoms. The highest BCUT2D eigenvalue weighted by Gasteiger charge is 2.20. The molecular formula is C10H10INO. The minimum Gasteiger partial charge on any atom is -0.351 e. The zero-order valence-corrected chi connectivity index (χ0v) is 9.24. The Morgan fingerprint density at radius 3 is 2.77 bits per heavy atom. The van der Waals surface area contributed by atoms with Crippen molar-refractivity contribution in [2.24, 2.45) is 0 Å². The lowest BCUT2D eigenvalue weighted by atomic mass is 10.0. The van der Waals surface area contributed by atoms with Crippen LogP contribution >= 0.6 is 22.6 Å². The van der Waals surface area contributed by atoms with E-state index in [0.29, 0.717) is 6.54 Å². The van der Waals surface area contributed by atoms with E-state index in [2.05, 4.69) is 40.0 Å². The number of carbonyl (C=O) groups excluding carboxylic acids is 1. The molecular weight excluding hydrogens is 277 g/mol. The number of rotatable bonds is 0. The Hall–Kier alpha value is -0.580. The normalized spacial score (nSPS) is 21.6. The van der Waals surface area contributed by atoms with Gasteiger partial charge in [-0.2, -0.15) is 0 Å². The maximum Gasteiger partial charge on any atom is 0.233 e. The van der Waals surface area contributed by atoms with Crippen LogP contribution in [0.1, 0.15) is 11.1 Å². The molecule has 0 fully saturated rings. The third-order valence-corrected chi connectivity index (χ3v) is 3.26. The first-order valence-electron chi connectivity index (χ1n) is 4.26. The van der Waals surface area contributed by atoms with Crippen LogP contribution in [0.15, 0.2) is 24.3 Å². The fourth-order valence-corrected chi connectivity index (χ4v) is 2.20. The molecule has 2 nitrogen and oxygen atoms in total. The molecule has 0 saturated heterocycles. The van der Waals surface area contributed by atoms with Crippen LogP contribution in [0.5, 0.6) is 0 Å². The monoisotopic (exact) mass is 287 g/mol. The molecule has 0 aromatic heterocycles. The molecule has 0 radical (unpaired) electrons. The lowest BCUT2D eigenvalue weighted by molar-refractivity contribution is -0.120. The van der Waals surface area contributed by atoms with Gasteiger partial charge < -0.3 is 5.32 Å². The summed E-state index contributed by atoms with van der Waals surface area (Å²) >= 11 is 2.19. The van der Waals surface area contributed by atoms with Crippen LogP contribution in [0.4, 0.5) is 0 Å². The Labute approximate surface area is 90.9 Å². The van der Waals surface area contributed by atoms with E-state index in [1.165, 1.54) is 11.1 Å². The van der Waals surface area contributed by atoms with Gasteiger partial charge in [0, 0.05) is 6.54 Å². The van der Waals surface area contributed by atoms with Gasteiger partial charge in [0.05, 0.1) is 3.92 Å². The summed E-state index contributed by atoms with van der Waals surface area (Å²) in [6.45, 7) is 0.675. The number of alkyl halides is 1. The predicted molar refractivity (Wildman–Crippen MR) is 59.8 cm³/mol. The van der Waals surface area contributed by atoms with Crippen LogP contribution in [0.2, 0.25) is 0 Å². The molecule has 1 aromatic rings. The van der Waals surface area contributed by atoms with Gasteiger partial charge in [0.25, 0.3) is 0 Å². The number of carbonyl (C=O) groups is 1. The smallest absolute Gasteiger partial charge is 0.233 e. The van der Waals surface area contributed by atoms with E-state index in [0.717, 1.165) is 6.42 Å². The Bertz CT molecular complexity index is 337. The van der Waals surface area contributed by atoms with Gasteiger partial charge in [-0.3, -0.25) is 4.79 Å². The van der Waals surface area contributed by atoms with Crippen molar-refractivity contribution in [3.8, 4) is 0 Å². The molecule has 1 atom stereocenters.